The first-order chi connectivity index (χ1) is 10.7. The second-order valence-corrected chi connectivity index (χ2v) is 6.82. The summed E-state index contributed by atoms with van der Waals surface area (Å²) in [7, 11) is 0. The second kappa shape index (κ2) is 7.06. The van der Waals surface area contributed by atoms with Gasteiger partial charge in [0.15, 0.2) is 5.13 Å². The Morgan fingerprint density at radius 3 is 2.95 bits per heavy atom. The zero-order valence-corrected chi connectivity index (χ0v) is 14.1. The molecule has 0 aromatic carbocycles. The van der Waals surface area contributed by atoms with Gasteiger partial charge in [0.1, 0.15) is 0 Å². The number of urea groups is 1. The molecule has 6 nitrogen and oxygen atoms in total. The summed E-state index contributed by atoms with van der Waals surface area (Å²) < 4.78 is 0. The first kappa shape index (κ1) is 15.2. The van der Waals surface area contributed by atoms with Crippen LogP contribution in [0.2, 0.25) is 0 Å². The van der Waals surface area contributed by atoms with E-state index in [0.29, 0.717) is 0 Å². The first-order valence-electron chi connectivity index (χ1n) is 7.32. The molecule has 0 bridgehead atoms. The monoisotopic (exact) mass is 337 g/mol. The summed E-state index contributed by atoms with van der Waals surface area (Å²) in [6.07, 6.45) is 2.78. The van der Waals surface area contributed by atoms with Crippen LogP contribution in [-0.4, -0.2) is 47.1 Å². The highest BCUT2D eigenvalue weighted by Crippen LogP contribution is 2.19. The van der Waals surface area contributed by atoms with E-state index in [1.54, 1.807) is 28.2 Å². The van der Waals surface area contributed by atoms with Gasteiger partial charge in [0, 0.05) is 43.1 Å². The summed E-state index contributed by atoms with van der Waals surface area (Å²) in [5.74, 6) is 0. The van der Waals surface area contributed by atoms with Crippen LogP contribution in [0.25, 0.3) is 0 Å². The van der Waals surface area contributed by atoms with Crippen molar-refractivity contribution in [3.63, 3.8) is 0 Å². The Bertz CT molecular complexity index is 586. The smallest absolute Gasteiger partial charge is 0.317 e. The van der Waals surface area contributed by atoms with Gasteiger partial charge in [0.2, 0.25) is 0 Å². The van der Waals surface area contributed by atoms with Crippen molar-refractivity contribution in [3.8, 4) is 0 Å². The van der Waals surface area contributed by atoms with E-state index in [0.717, 1.165) is 43.4 Å². The number of aromatic nitrogens is 2. The van der Waals surface area contributed by atoms with Crippen molar-refractivity contribution >= 4 is 33.8 Å². The van der Waals surface area contributed by atoms with Crippen molar-refractivity contribution in [1.29, 1.82) is 0 Å². The molecule has 1 unspecified atom stereocenters. The quantitative estimate of drug-likeness (QED) is 0.935. The largest absolute Gasteiger partial charge is 0.346 e. The molecule has 2 amide bonds. The van der Waals surface area contributed by atoms with Crippen LogP contribution in [-0.2, 0) is 0 Å². The molecular weight excluding hydrogens is 318 g/mol. The zero-order chi connectivity index (χ0) is 15.4. The maximum atomic E-state index is 12.4. The van der Waals surface area contributed by atoms with Crippen molar-refractivity contribution in [1.82, 2.24) is 20.2 Å². The average molecular weight is 337 g/mol. The topological polar surface area (TPSA) is 61.4 Å². The fourth-order valence-corrected chi connectivity index (χ4v) is 3.81. The predicted octanol–water partition coefficient (Wildman–Crippen LogP) is 2.58. The molecule has 0 saturated carbocycles. The summed E-state index contributed by atoms with van der Waals surface area (Å²) in [5, 5.41) is 8.03. The third-order valence-electron chi connectivity index (χ3n) is 3.71. The lowest BCUT2D eigenvalue weighted by Gasteiger charge is -2.23. The Labute approximate surface area is 137 Å². The molecule has 22 heavy (non-hydrogen) atoms. The van der Waals surface area contributed by atoms with Gasteiger partial charge >= 0.3 is 6.03 Å². The molecule has 3 rings (SSSR count). The molecule has 1 aliphatic rings. The fourth-order valence-electron chi connectivity index (χ4n) is 2.47. The van der Waals surface area contributed by atoms with E-state index >= 15 is 0 Å². The lowest BCUT2D eigenvalue weighted by molar-refractivity contribution is 0.198. The highest BCUT2D eigenvalue weighted by Gasteiger charge is 2.21. The minimum Gasteiger partial charge on any atom is -0.346 e. The maximum Gasteiger partial charge on any atom is 0.317 e. The van der Waals surface area contributed by atoms with Crippen molar-refractivity contribution in [2.24, 2.45) is 0 Å². The number of anilines is 1. The number of hydrogen-bond acceptors (Lipinski definition) is 6. The van der Waals surface area contributed by atoms with Crippen LogP contribution in [0.3, 0.4) is 0 Å². The van der Waals surface area contributed by atoms with Gasteiger partial charge in [0.05, 0.1) is 17.2 Å². The first-order valence-corrected chi connectivity index (χ1v) is 9.14. The zero-order valence-electron chi connectivity index (χ0n) is 12.4. The molecule has 1 aliphatic heterocycles. The normalized spacial score (nSPS) is 17.1. The molecule has 1 fully saturated rings. The lowest BCUT2D eigenvalue weighted by Crippen LogP contribution is -2.43. The number of nitrogens with one attached hydrogen (secondary N) is 1. The third kappa shape index (κ3) is 3.56. The molecule has 1 saturated heterocycles. The Kier molecular flexibility index (Phi) is 4.89. The lowest BCUT2D eigenvalue weighted by atomic mass is 10.3. The number of rotatable bonds is 3. The van der Waals surface area contributed by atoms with Crippen LogP contribution in [0.5, 0.6) is 0 Å². The minimum atomic E-state index is -0.0583. The number of hydrogen-bond donors (Lipinski definition) is 1. The molecule has 2 aromatic heterocycles. The van der Waals surface area contributed by atoms with E-state index in [1.165, 1.54) is 0 Å². The number of carbonyl (C=O) groups excluding carboxylic acids is 1. The Morgan fingerprint density at radius 2 is 2.23 bits per heavy atom. The third-order valence-corrected chi connectivity index (χ3v) is 5.14. The molecule has 8 heteroatoms. The fraction of sp³-hybridized carbons (Fsp3) is 0.500. The van der Waals surface area contributed by atoms with Gasteiger partial charge in [-0.05, 0) is 13.3 Å². The van der Waals surface area contributed by atoms with Crippen molar-refractivity contribution in [2.45, 2.75) is 19.4 Å². The van der Waals surface area contributed by atoms with E-state index < -0.39 is 0 Å². The van der Waals surface area contributed by atoms with E-state index in [2.05, 4.69) is 20.2 Å². The van der Waals surface area contributed by atoms with Crippen LogP contribution in [0.15, 0.2) is 22.5 Å². The van der Waals surface area contributed by atoms with Gasteiger partial charge in [-0.3, -0.25) is 0 Å². The SMILES string of the molecule is CC(NC(=O)N1CCCN(c2nccs2)CC1)c1cscn1. The van der Waals surface area contributed by atoms with Crippen LogP contribution in [0, 0.1) is 0 Å². The highest BCUT2D eigenvalue weighted by molar-refractivity contribution is 7.13. The molecule has 3 heterocycles. The number of nitrogens with zero attached hydrogens (tertiary/aromatic N) is 4. The van der Waals surface area contributed by atoms with Crippen LogP contribution >= 0.6 is 22.7 Å². The predicted molar refractivity (Wildman–Crippen MR) is 89.6 cm³/mol. The standard InChI is InChI=1S/C14H19N5OS2/c1-11(12-9-21-10-16-12)17-13(20)18-4-2-5-19(7-6-18)14-15-3-8-22-14/h3,8-11H,2,4-7H2,1H3,(H,17,20). The van der Waals surface area contributed by atoms with E-state index in [1.807, 2.05) is 28.8 Å². The molecule has 118 valence electrons. The van der Waals surface area contributed by atoms with Gasteiger partial charge in [-0.15, -0.1) is 22.7 Å². The van der Waals surface area contributed by atoms with Crippen molar-refractivity contribution < 1.29 is 4.79 Å². The average Bonchev–Trinajstić information content (AvgIpc) is 3.17. The van der Waals surface area contributed by atoms with Crippen LogP contribution in [0.1, 0.15) is 25.1 Å². The summed E-state index contributed by atoms with van der Waals surface area (Å²) in [5.41, 5.74) is 2.70. The van der Waals surface area contributed by atoms with Gasteiger partial charge in [0.25, 0.3) is 0 Å². The van der Waals surface area contributed by atoms with Gasteiger partial charge in [-0.25, -0.2) is 14.8 Å². The molecule has 2 aromatic rings. The number of thiazole rings is 2. The molecule has 0 aliphatic carbocycles. The highest BCUT2D eigenvalue weighted by atomic mass is 32.1. The Balaban J connectivity index is 1.55. The number of carbonyl (C=O) groups is 1. The maximum absolute atomic E-state index is 12.4. The van der Waals surface area contributed by atoms with E-state index in [9.17, 15) is 4.79 Å². The molecule has 1 N–H and O–H groups in total. The van der Waals surface area contributed by atoms with E-state index in [-0.39, 0.29) is 12.1 Å². The van der Waals surface area contributed by atoms with Crippen LogP contribution < -0.4 is 10.2 Å². The molecule has 0 spiro atoms. The minimum absolute atomic E-state index is 0.0125. The van der Waals surface area contributed by atoms with Crippen molar-refractivity contribution in [2.75, 3.05) is 31.1 Å². The molecule has 0 radical (unpaired) electrons. The van der Waals surface area contributed by atoms with Gasteiger partial charge in [-0.1, -0.05) is 0 Å². The second-order valence-electron chi connectivity index (χ2n) is 5.23. The summed E-state index contributed by atoms with van der Waals surface area (Å²) >= 11 is 3.19. The Hall–Kier alpha value is -1.67. The van der Waals surface area contributed by atoms with E-state index in [4.69, 9.17) is 0 Å². The van der Waals surface area contributed by atoms with Gasteiger partial charge in [-0.2, -0.15) is 0 Å². The molecule has 1 atom stereocenters. The summed E-state index contributed by atoms with van der Waals surface area (Å²) in [4.78, 5) is 25.1. The van der Waals surface area contributed by atoms with Crippen LogP contribution in [0.4, 0.5) is 9.93 Å². The summed E-state index contributed by atoms with van der Waals surface area (Å²) in [6, 6.07) is -0.0708. The van der Waals surface area contributed by atoms with Crippen molar-refractivity contribution in [3.05, 3.63) is 28.2 Å². The molecular formula is C14H19N5OS2. The number of amides is 2. The van der Waals surface area contributed by atoms with Gasteiger partial charge < -0.3 is 15.1 Å². The summed E-state index contributed by atoms with van der Waals surface area (Å²) in [6.45, 7) is 5.23. The Morgan fingerprint density at radius 1 is 1.32 bits per heavy atom.